The molecule has 1 aromatic heterocycles. The monoisotopic (exact) mass is 300 g/mol. The maximum absolute atomic E-state index is 11.7. The summed E-state index contributed by atoms with van der Waals surface area (Å²) in [6, 6.07) is 2.10. The Bertz CT molecular complexity index is 547. The van der Waals surface area contributed by atoms with Crippen molar-refractivity contribution in [2.45, 2.75) is 11.1 Å². The van der Waals surface area contributed by atoms with Gasteiger partial charge >= 0.3 is 6.18 Å². The van der Waals surface area contributed by atoms with Gasteiger partial charge in [0, 0.05) is 18.8 Å². The van der Waals surface area contributed by atoms with Crippen LogP contribution in [-0.4, -0.2) is 39.3 Å². The Kier molecular flexibility index (Phi) is 5.09. The van der Waals surface area contributed by atoms with E-state index < -0.39 is 35.0 Å². The van der Waals surface area contributed by atoms with Crippen LogP contribution in [-0.2, 0) is 14.8 Å². The number of rotatable bonds is 6. The van der Waals surface area contributed by atoms with Crippen LogP contribution in [0.5, 0.6) is 0 Å². The molecule has 0 amide bonds. The molecule has 0 aliphatic heterocycles. The molecule has 0 fully saturated rings. The van der Waals surface area contributed by atoms with Gasteiger partial charge in [0.1, 0.15) is 6.61 Å². The smallest absolute Gasteiger partial charge is 0.371 e. The van der Waals surface area contributed by atoms with Gasteiger partial charge in [0.25, 0.3) is 0 Å². The van der Waals surface area contributed by atoms with Gasteiger partial charge in [-0.25, -0.2) is 13.1 Å². The summed E-state index contributed by atoms with van der Waals surface area (Å²) in [5.74, 6) is 0. The maximum Gasteiger partial charge on any atom is 0.411 e. The Labute approximate surface area is 106 Å². The van der Waals surface area contributed by atoms with Gasteiger partial charge in [-0.3, -0.25) is 4.79 Å². The van der Waals surface area contributed by atoms with Crippen molar-refractivity contribution >= 4 is 10.0 Å². The Morgan fingerprint density at radius 1 is 1.32 bits per heavy atom. The second kappa shape index (κ2) is 6.17. The van der Waals surface area contributed by atoms with Gasteiger partial charge in [0.15, 0.2) is 0 Å². The van der Waals surface area contributed by atoms with Gasteiger partial charge in [-0.2, -0.15) is 13.2 Å². The van der Waals surface area contributed by atoms with Crippen LogP contribution in [0.25, 0.3) is 0 Å². The fourth-order valence-electron chi connectivity index (χ4n) is 1.08. The van der Waals surface area contributed by atoms with Gasteiger partial charge in [-0.1, -0.05) is 0 Å². The number of halogens is 3. The lowest BCUT2D eigenvalue weighted by Gasteiger charge is -2.08. The van der Waals surface area contributed by atoms with E-state index in [1.807, 2.05) is 4.72 Å². The molecule has 0 saturated carbocycles. The van der Waals surface area contributed by atoms with Crippen molar-refractivity contribution in [3.8, 4) is 0 Å². The van der Waals surface area contributed by atoms with Crippen LogP contribution in [0.1, 0.15) is 0 Å². The molecule has 108 valence electrons. The predicted octanol–water partition coefficient (Wildman–Crippen LogP) is 0.232. The minimum atomic E-state index is -4.45. The number of hydrogen-bond donors (Lipinski definition) is 2. The molecule has 1 rings (SSSR count). The highest BCUT2D eigenvalue weighted by molar-refractivity contribution is 7.89. The number of hydrogen-bond acceptors (Lipinski definition) is 4. The van der Waals surface area contributed by atoms with Crippen LogP contribution in [0.4, 0.5) is 13.2 Å². The first-order valence-electron chi connectivity index (χ1n) is 5.04. The van der Waals surface area contributed by atoms with Crippen LogP contribution in [0.15, 0.2) is 28.0 Å². The van der Waals surface area contributed by atoms with Crippen molar-refractivity contribution in [2.24, 2.45) is 0 Å². The lowest BCUT2D eigenvalue weighted by atomic mass is 10.5. The summed E-state index contributed by atoms with van der Waals surface area (Å²) in [7, 11) is -3.87. The summed E-state index contributed by atoms with van der Waals surface area (Å²) in [4.78, 5) is 12.7. The van der Waals surface area contributed by atoms with E-state index >= 15 is 0 Å². The summed E-state index contributed by atoms with van der Waals surface area (Å²) in [6.07, 6.45) is -3.46. The molecule has 0 saturated heterocycles. The van der Waals surface area contributed by atoms with Gasteiger partial charge in [-0.05, 0) is 6.07 Å². The van der Waals surface area contributed by atoms with Crippen molar-refractivity contribution in [1.29, 1.82) is 0 Å². The van der Waals surface area contributed by atoms with E-state index in [-0.39, 0.29) is 11.4 Å². The topological polar surface area (TPSA) is 88.3 Å². The summed E-state index contributed by atoms with van der Waals surface area (Å²) < 4.78 is 64.6. The molecule has 0 aromatic carbocycles. The maximum atomic E-state index is 11.7. The molecule has 0 unspecified atom stereocenters. The number of ether oxygens (including phenoxy) is 1. The fourth-order valence-corrected chi connectivity index (χ4v) is 2.06. The minimum absolute atomic E-state index is 0.192. The lowest BCUT2D eigenvalue weighted by molar-refractivity contribution is -0.173. The third-order valence-corrected chi connectivity index (χ3v) is 3.33. The average Bonchev–Trinajstić information content (AvgIpc) is 2.27. The molecule has 0 radical (unpaired) electrons. The molecule has 2 N–H and O–H groups in total. The van der Waals surface area contributed by atoms with Crippen LogP contribution in [0.3, 0.4) is 0 Å². The Morgan fingerprint density at radius 3 is 2.53 bits per heavy atom. The molecule has 0 bridgehead atoms. The van der Waals surface area contributed by atoms with Gasteiger partial charge < -0.3 is 9.72 Å². The molecule has 0 aliphatic carbocycles. The summed E-state index contributed by atoms with van der Waals surface area (Å²) in [6.45, 7) is -2.16. The number of sulfonamides is 1. The average molecular weight is 300 g/mol. The third kappa shape index (κ3) is 5.85. The first-order valence-corrected chi connectivity index (χ1v) is 6.52. The summed E-state index contributed by atoms with van der Waals surface area (Å²) in [5, 5.41) is 0. The van der Waals surface area contributed by atoms with Crippen molar-refractivity contribution in [2.75, 3.05) is 19.8 Å². The number of H-pyrrole nitrogens is 1. The van der Waals surface area contributed by atoms with Crippen molar-refractivity contribution < 1.29 is 26.3 Å². The van der Waals surface area contributed by atoms with Crippen LogP contribution in [0, 0.1) is 0 Å². The van der Waals surface area contributed by atoms with Gasteiger partial charge in [0.05, 0.1) is 11.5 Å². The van der Waals surface area contributed by atoms with Crippen molar-refractivity contribution in [3.05, 3.63) is 28.7 Å². The SMILES string of the molecule is O=c1ccc(S(=O)(=O)NCCOCC(F)(F)F)c[nH]1. The molecule has 1 aromatic rings. The first-order chi connectivity index (χ1) is 8.71. The van der Waals surface area contributed by atoms with E-state index in [1.165, 1.54) is 0 Å². The molecule has 0 aliphatic rings. The molecular formula is C9H11F3N2O4S. The minimum Gasteiger partial charge on any atom is -0.371 e. The zero-order chi connectivity index (χ0) is 14.5. The second-order valence-electron chi connectivity index (χ2n) is 3.45. The van der Waals surface area contributed by atoms with E-state index in [0.29, 0.717) is 0 Å². The highest BCUT2D eigenvalue weighted by Gasteiger charge is 2.27. The van der Waals surface area contributed by atoms with E-state index in [2.05, 4.69) is 9.72 Å². The number of pyridine rings is 1. The molecule has 1 heterocycles. The summed E-state index contributed by atoms with van der Waals surface area (Å²) >= 11 is 0. The highest BCUT2D eigenvalue weighted by Crippen LogP contribution is 2.14. The molecule has 0 spiro atoms. The number of aromatic amines is 1. The largest absolute Gasteiger partial charge is 0.411 e. The molecule has 10 heteroatoms. The quantitative estimate of drug-likeness (QED) is 0.736. The van der Waals surface area contributed by atoms with Crippen molar-refractivity contribution in [1.82, 2.24) is 9.71 Å². The zero-order valence-corrected chi connectivity index (χ0v) is 10.3. The third-order valence-electron chi connectivity index (χ3n) is 1.87. The second-order valence-corrected chi connectivity index (χ2v) is 5.22. The predicted molar refractivity (Wildman–Crippen MR) is 59.1 cm³/mol. The molecular weight excluding hydrogens is 289 g/mol. The number of alkyl halides is 3. The van der Waals surface area contributed by atoms with Crippen molar-refractivity contribution in [3.63, 3.8) is 0 Å². The van der Waals surface area contributed by atoms with E-state index in [4.69, 9.17) is 0 Å². The molecule has 19 heavy (non-hydrogen) atoms. The van der Waals surface area contributed by atoms with Crippen LogP contribution >= 0.6 is 0 Å². The lowest BCUT2D eigenvalue weighted by Crippen LogP contribution is -2.29. The van der Waals surface area contributed by atoms with Gasteiger partial charge in [0.2, 0.25) is 15.6 Å². The standard InChI is InChI=1S/C9H11F3N2O4S/c10-9(11,12)6-18-4-3-14-19(16,17)7-1-2-8(15)13-5-7/h1-2,5,14H,3-4,6H2,(H,13,15). The van der Waals surface area contributed by atoms with E-state index in [0.717, 1.165) is 18.3 Å². The normalized spacial score (nSPS) is 12.6. The Hall–Kier alpha value is -1.39. The van der Waals surface area contributed by atoms with E-state index in [1.54, 1.807) is 0 Å². The Morgan fingerprint density at radius 2 is 2.00 bits per heavy atom. The Balaban J connectivity index is 2.44. The fraction of sp³-hybridized carbons (Fsp3) is 0.444. The first kappa shape index (κ1) is 15.7. The summed E-state index contributed by atoms with van der Waals surface area (Å²) in [5.41, 5.74) is -0.465. The zero-order valence-electron chi connectivity index (χ0n) is 9.53. The number of aromatic nitrogens is 1. The molecule has 0 atom stereocenters. The van der Waals surface area contributed by atoms with E-state index in [9.17, 15) is 26.4 Å². The van der Waals surface area contributed by atoms with Gasteiger partial charge in [-0.15, -0.1) is 0 Å². The van der Waals surface area contributed by atoms with Crippen LogP contribution in [0.2, 0.25) is 0 Å². The number of nitrogens with one attached hydrogen (secondary N) is 2. The molecule has 6 nitrogen and oxygen atoms in total. The highest BCUT2D eigenvalue weighted by atomic mass is 32.2. The van der Waals surface area contributed by atoms with Crippen LogP contribution < -0.4 is 10.3 Å².